The predicted molar refractivity (Wildman–Crippen MR) is 91.7 cm³/mol. The minimum absolute atomic E-state index is 0.0309. The summed E-state index contributed by atoms with van der Waals surface area (Å²) in [4.78, 5) is 2.72. The first-order valence-electron chi connectivity index (χ1n) is 9.24. The Bertz CT molecular complexity index is 272. The van der Waals surface area contributed by atoms with Crippen LogP contribution in [0.3, 0.4) is 0 Å². The lowest BCUT2D eigenvalue weighted by Crippen LogP contribution is -2.57. The van der Waals surface area contributed by atoms with E-state index in [9.17, 15) is 5.11 Å². The lowest BCUT2D eigenvalue weighted by atomic mass is 9.78. The number of aliphatic hydroxyl groups excluding tert-OH is 1. The van der Waals surface area contributed by atoms with E-state index in [-0.39, 0.29) is 12.1 Å². The maximum absolute atomic E-state index is 9.96. The zero-order chi connectivity index (χ0) is 15.7. The summed E-state index contributed by atoms with van der Waals surface area (Å²) in [5, 5.41) is 13.6. The summed E-state index contributed by atoms with van der Waals surface area (Å²) < 4.78 is 0. The molecule has 1 aliphatic carbocycles. The maximum atomic E-state index is 9.96. The second-order valence-corrected chi connectivity index (χ2v) is 6.96. The van der Waals surface area contributed by atoms with E-state index in [1.165, 1.54) is 38.6 Å². The molecule has 21 heavy (non-hydrogen) atoms. The molecule has 3 unspecified atom stereocenters. The third-order valence-corrected chi connectivity index (χ3v) is 5.27. The molecule has 0 spiro atoms. The van der Waals surface area contributed by atoms with E-state index < -0.39 is 0 Å². The van der Waals surface area contributed by atoms with Crippen molar-refractivity contribution in [2.45, 2.75) is 96.7 Å². The largest absolute Gasteiger partial charge is 0.394 e. The zero-order valence-corrected chi connectivity index (χ0v) is 14.8. The molecule has 3 nitrogen and oxygen atoms in total. The molecule has 1 saturated carbocycles. The van der Waals surface area contributed by atoms with Crippen molar-refractivity contribution in [3.8, 4) is 0 Å². The van der Waals surface area contributed by atoms with E-state index >= 15 is 0 Å². The first-order chi connectivity index (χ1) is 10.1. The van der Waals surface area contributed by atoms with Crippen molar-refractivity contribution in [2.75, 3.05) is 19.7 Å². The molecule has 0 aliphatic heterocycles. The number of nitrogens with zero attached hydrogens (tertiary/aromatic N) is 1. The molecule has 3 heteroatoms. The van der Waals surface area contributed by atoms with Crippen LogP contribution in [0.25, 0.3) is 0 Å². The summed E-state index contributed by atoms with van der Waals surface area (Å²) in [5.41, 5.74) is -0.0309. The summed E-state index contributed by atoms with van der Waals surface area (Å²) in [6, 6.07) is 1.29. The van der Waals surface area contributed by atoms with Gasteiger partial charge < -0.3 is 10.4 Å². The smallest absolute Gasteiger partial charge is 0.0613 e. The van der Waals surface area contributed by atoms with Crippen LogP contribution in [-0.2, 0) is 0 Å². The van der Waals surface area contributed by atoms with E-state index in [1.807, 2.05) is 0 Å². The highest BCUT2D eigenvalue weighted by atomic mass is 16.3. The van der Waals surface area contributed by atoms with Crippen molar-refractivity contribution >= 4 is 0 Å². The van der Waals surface area contributed by atoms with E-state index in [0.29, 0.717) is 12.1 Å². The van der Waals surface area contributed by atoms with Crippen LogP contribution in [-0.4, -0.2) is 47.3 Å². The van der Waals surface area contributed by atoms with Gasteiger partial charge in [-0.1, -0.05) is 27.2 Å². The van der Waals surface area contributed by atoms with Crippen molar-refractivity contribution in [1.29, 1.82) is 0 Å². The van der Waals surface area contributed by atoms with Crippen molar-refractivity contribution in [1.82, 2.24) is 10.2 Å². The van der Waals surface area contributed by atoms with Crippen molar-refractivity contribution in [3.63, 3.8) is 0 Å². The molecule has 1 fully saturated rings. The Balaban J connectivity index is 2.73. The number of unbranched alkanes of at least 4 members (excludes halogenated alkanes) is 1. The van der Waals surface area contributed by atoms with Gasteiger partial charge in [0.2, 0.25) is 0 Å². The Morgan fingerprint density at radius 1 is 1.29 bits per heavy atom. The molecule has 3 atom stereocenters. The SMILES string of the molecule is CCCCN(C(C)CC)C1CCCC(CO)(NCCC)C1. The van der Waals surface area contributed by atoms with Crippen LogP contribution in [0.15, 0.2) is 0 Å². The maximum Gasteiger partial charge on any atom is 0.0613 e. The summed E-state index contributed by atoms with van der Waals surface area (Å²) in [7, 11) is 0. The molecule has 0 radical (unpaired) electrons. The summed E-state index contributed by atoms with van der Waals surface area (Å²) in [6.07, 6.45) is 9.67. The molecular weight excluding hydrogens is 260 g/mol. The fraction of sp³-hybridized carbons (Fsp3) is 1.00. The third kappa shape index (κ3) is 5.54. The summed E-state index contributed by atoms with van der Waals surface area (Å²) in [6.45, 7) is 11.6. The lowest BCUT2D eigenvalue weighted by molar-refractivity contribution is 0.0401. The van der Waals surface area contributed by atoms with Gasteiger partial charge in [0.1, 0.15) is 0 Å². The van der Waals surface area contributed by atoms with Crippen LogP contribution in [0.2, 0.25) is 0 Å². The fourth-order valence-electron chi connectivity index (χ4n) is 3.70. The molecule has 1 aliphatic rings. The molecule has 0 heterocycles. The predicted octanol–water partition coefficient (Wildman–Crippen LogP) is 3.56. The Morgan fingerprint density at radius 2 is 2.05 bits per heavy atom. The van der Waals surface area contributed by atoms with Crippen LogP contribution in [0.5, 0.6) is 0 Å². The standard InChI is InChI=1S/C18H38N2O/c1-5-8-13-20(16(4)7-3)17-10-9-11-18(14-17,15-21)19-12-6-2/h16-17,19,21H,5-15H2,1-4H3. The molecule has 0 aromatic carbocycles. The van der Waals surface area contributed by atoms with Gasteiger partial charge in [-0.05, 0) is 65.0 Å². The Hall–Kier alpha value is -0.120. The van der Waals surface area contributed by atoms with Gasteiger partial charge in [0.25, 0.3) is 0 Å². The second kappa shape index (κ2) is 9.81. The normalized spacial score (nSPS) is 28.0. The first kappa shape index (κ1) is 18.9. The number of hydrogen-bond acceptors (Lipinski definition) is 3. The van der Waals surface area contributed by atoms with Gasteiger partial charge in [0.15, 0.2) is 0 Å². The van der Waals surface area contributed by atoms with Gasteiger partial charge >= 0.3 is 0 Å². The Morgan fingerprint density at radius 3 is 2.62 bits per heavy atom. The van der Waals surface area contributed by atoms with E-state index in [4.69, 9.17) is 0 Å². The van der Waals surface area contributed by atoms with Crippen LogP contribution in [0.4, 0.5) is 0 Å². The van der Waals surface area contributed by atoms with E-state index in [0.717, 1.165) is 25.8 Å². The molecular formula is C18H38N2O. The van der Waals surface area contributed by atoms with Crippen LogP contribution < -0.4 is 5.32 Å². The van der Waals surface area contributed by atoms with Gasteiger partial charge in [-0.3, -0.25) is 4.90 Å². The van der Waals surface area contributed by atoms with Gasteiger partial charge in [0, 0.05) is 17.6 Å². The van der Waals surface area contributed by atoms with Gasteiger partial charge in [-0.15, -0.1) is 0 Å². The molecule has 2 N–H and O–H groups in total. The highest BCUT2D eigenvalue weighted by Gasteiger charge is 2.38. The van der Waals surface area contributed by atoms with Crippen LogP contribution in [0.1, 0.15) is 79.1 Å². The lowest BCUT2D eigenvalue weighted by Gasteiger charge is -2.46. The Labute approximate surface area is 132 Å². The highest BCUT2D eigenvalue weighted by Crippen LogP contribution is 2.32. The molecule has 0 bridgehead atoms. The Kier molecular flexibility index (Phi) is 8.84. The van der Waals surface area contributed by atoms with Crippen LogP contribution >= 0.6 is 0 Å². The highest BCUT2D eigenvalue weighted by molar-refractivity contribution is 4.97. The summed E-state index contributed by atoms with van der Waals surface area (Å²) in [5.74, 6) is 0. The molecule has 126 valence electrons. The van der Waals surface area contributed by atoms with E-state index in [2.05, 4.69) is 37.9 Å². The molecule has 0 saturated heterocycles. The monoisotopic (exact) mass is 298 g/mol. The second-order valence-electron chi connectivity index (χ2n) is 6.96. The van der Waals surface area contributed by atoms with Gasteiger partial charge in [0.05, 0.1) is 6.61 Å². The fourth-order valence-corrected chi connectivity index (χ4v) is 3.70. The topological polar surface area (TPSA) is 35.5 Å². The number of rotatable bonds is 10. The zero-order valence-electron chi connectivity index (χ0n) is 14.8. The van der Waals surface area contributed by atoms with Crippen molar-refractivity contribution < 1.29 is 5.11 Å². The third-order valence-electron chi connectivity index (χ3n) is 5.27. The van der Waals surface area contributed by atoms with Gasteiger partial charge in [-0.2, -0.15) is 0 Å². The van der Waals surface area contributed by atoms with Crippen molar-refractivity contribution in [2.24, 2.45) is 0 Å². The average Bonchev–Trinajstić information content (AvgIpc) is 2.53. The minimum Gasteiger partial charge on any atom is -0.394 e. The van der Waals surface area contributed by atoms with Crippen LogP contribution in [0, 0.1) is 0 Å². The molecule has 0 aromatic rings. The van der Waals surface area contributed by atoms with Gasteiger partial charge in [-0.25, -0.2) is 0 Å². The molecule has 0 amide bonds. The van der Waals surface area contributed by atoms with E-state index in [1.54, 1.807) is 0 Å². The van der Waals surface area contributed by atoms with Crippen molar-refractivity contribution in [3.05, 3.63) is 0 Å². The summed E-state index contributed by atoms with van der Waals surface area (Å²) >= 11 is 0. The molecule has 0 aromatic heterocycles. The number of nitrogens with one attached hydrogen (secondary N) is 1. The number of aliphatic hydroxyl groups is 1. The minimum atomic E-state index is -0.0309. The average molecular weight is 299 g/mol. The molecule has 1 rings (SSSR count). The quantitative estimate of drug-likeness (QED) is 0.647. The first-order valence-corrected chi connectivity index (χ1v) is 9.24. The number of hydrogen-bond donors (Lipinski definition) is 2.